The van der Waals surface area contributed by atoms with E-state index in [9.17, 15) is 14.9 Å². The van der Waals surface area contributed by atoms with Crippen molar-refractivity contribution >= 4 is 11.6 Å². The summed E-state index contributed by atoms with van der Waals surface area (Å²) in [5.41, 5.74) is 0.919. The van der Waals surface area contributed by atoms with E-state index in [1.54, 1.807) is 25.2 Å². The molecule has 2 aromatic rings. The van der Waals surface area contributed by atoms with Gasteiger partial charge in [0.25, 0.3) is 11.6 Å². The molecule has 1 heterocycles. The fraction of sp³-hybridized carbons (Fsp3) is 0.167. The molecule has 0 aliphatic carbocycles. The summed E-state index contributed by atoms with van der Waals surface area (Å²) in [5, 5.41) is 17.1. The second-order valence-corrected chi connectivity index (χ2v) is 4.03. The van der Waals surface area contributed by atoms with Crippen molar-refractivity contribution in [2.75, 3.05) is 7.05 Å². The van der Waals surface area contributed by atoms with Crippen molar-refractivity contribution < 1.29 is 9.72 Å². The summed E-state index contributed by atoms with van der Waals surface area (Å²) >= 11 is 0. The predicted octanol–water partition coefficient (Wildman–Crippen LogP) is 1.59. The molecule has 98 valence electrons. The molecule has 0 saturated heterocycles. The second kappa shape index (κ2) is 5.30. The Morgan fingerprint density at radius 2 is 2.21 bits per heavy atom. The normalized spacial score (nSPS) is 10.2. The van der Waals surface area contributed by atoms with Crippen LogP contribution in [-0.2, 0) is 6.54 Å². The van der Waals surface area contributed by atoms with Crippen LogP contribution < -0.4 is 0 Å². The fourth-order valence-electron chi connectivity index (χ4n) is 1.74. The highest BCUT2D eigenvalue weighted by Crippen LogP contribution is 2.19. The van der Waals surface area contributed by atoms with Gasteiger partial charge in [-0.15, -0.1) is 0 Å². The first kappa shape index (κ1) is 12.7. The zero-order valence-corrected chi connectivity index (χ0v) is 10.2. The lowest BCUT2D eigenvalue weighted by Crippen LogP contribution is -2.26. The van der Waals surface area contributed by atoms with E-state index < -0.39 is 4.92 Å². The molecule has 0 bridgehead atoms. The topological polar surface area (TPSA) is 92.1 Å². The van der Waals surface area contributed by atoms with Gasteiger partial charge in [0.15, 0.2) is 0 Å². The van der Waals surface area contributed by atoms with Crippen LogP contribution in [0.1, 0.15) is 15.9 Å². The fourth-order valence-corrected chi connectivity index (χ4v) is 1.74. The van der Waals surface area contributed by atoms with Crippen molar-refractivity contribution in [1.29, 1.82) is 0 Å². The maximum Gasteiger partial charge on any atom is 0.274 e. The zero-order valence-electron chi connectivity index (χ0n) is 10.2. The Morgan fingerprint density at radius 3 is 2.84 bits per heavy atom. The van der Waals surface area contributed by atoms with Crippen LogP contribution in [0.25, 0.3) is 0 Å². The predicted molar refractivity (Wildman–Crippen MR) is 67.5 cm³/mol. The van der Waals surface area contributed by atoms with Crippen LogP contribution in [0.5, 0.6) is 0 Å². The van der Waals surface area contributed by atoms with Gasteiger partial charge in [-0.3, -0.25) is 20.0 Å². The molecule has 0 unspecified atom stereocenters. The van der Waals surface area contributed by atoms with Crippen molar-refractivity contribution in [2.24, 2.45) is 0 Å². The van der Waals surface area contributed by atoms with Crippen molar-refractivity contribution in [2.45, 2.75) is 6.54 Å². The number of aromatic nitrogens is 2. The van der Waals surface area contributed by atoms with E-state index in [1.165, 1.54) is 23.4 Å². The molecule has 0 fully saturated rings. The molecule has 0 aliphatic heterocycles. The van der Waals surface area contributed by atoms with E-state index in [0.717, 1.165) is 0 Å². The molecule has 0 radical (unpaired) electrons. The Bertz CT molecular complexity index is 595. The molecule has 1 amide bonds. The third-order valence-electron chi connectivity index (χ3n) is 2.69. The molecule has 0 aliphatic rings. The number of para-hydroxylation sites is 1. The van der Waals surface area contributed by atoms with E-state index in [0.29, 0.717) is 11.1 Å². The monoisotopic (exact) mass is 260 g/mol. The summed E-state index contributed by atoms with van der Waals surface area (Å²) in [6.45, 7) is 0.168. The lowest BCUT2D eigenvalue weighted by molar-refractivity contribution is -0.385. The van der Waals surface area contributed by atoms with Gasteiger partial charge in [0.05, 0.1) is 23.2 Å². The van der Waals surface area contributed by atoms with Gasteiger partial charge in [0.1, 0.15) is 0 Å². The quantitative estimate of drug-likeness (QED) is 0.667. The number of benzene rings is 1. The van der Waals surface area contributed by atoms with Gasteiger partial charge in [-0.05, 0) is 0 Å². The standard InChI is InChI=1S/C12H12N4O3/c1-15(12(17)10-6-13-14-7-10)8-9-4-2-3-5-11(9)16(18)19/h2-7H,8H2,1H3,(H,13,14). The number of nitro groups is 1. The van der Waals surface area contributed by atoms with E-state index >= 15 is 0 Å². The van der Waals surface area contributed by atoms with E-state index in [2.05, 4.69) is 10.2 Å². The van der Waals surface area contributed by atoms with Gasteiger partial charge in [-0.25, -0.2) is 0 Å². The number of hydrogen-bond acceptors (Lipinski definition) is 4. The molecule has 0 saturated carbocycles. The third-order valence-corrected chi connectivity index (χ3v) is 2.69. The molecule has 0 spiro atoms. The molecule has 1 aromatic heterocycles. The van der Waals surface area contributed by atoms with Crippen LogP contribution in [0.15, 0.2) is 36.7 Å². The molecular formula is C12H12N4O3. The van der Waals surface area contributed by atoms with Crippen LogP contribution in [0.3, 0.4) is 0 Å². The number of rotatable bonds is 4. The number of aromatic amines is 1. The number of hydrogen-bond donors (Lipinski definition) is 1. The van der Waals surface area contributed by atoms with Crippen molar-refractivity contribution in [3.63, 3.8) is 0 Å². The lowest BCUT2D eigenvalue weighted by Gasteiger charge is -2.16. The van der Waals surface area contributed by atoms with Gasteiger partial charge in [-0.2, -0.15) is 5.10 Å². The molecule has 0 atom stereocenters. The summed E-state index contributed by atoms with van der Waals surface area (Å²) < 4.78 is 0. The minimum absolute atomic E-state index is 0.00865. The SMILES string of the molecule is CN(Cc1ccccc1[N+](=O)[O-])C(=O)c1cn[nH]c1. The Morgan fingerprint density at radius 1 is 1.47 bits per heavy atom. The summed E-state index contributed by atoms with van der Waals surface area (Å²) in [5.74, 6) is -0.244. The number of nitro benzene ring substituents is 1. The Labute approximate surface area is 109 Å². The van der Waals surface area contributed by atoms with Crippen LogP contribution in [0, 0.1) is 10.1 Å². The van der Waals surface area contributed by atoms with Gasteiger partial charge in [-0.1, -0.05) is 18.2 Å². The first-order valence-corrected chi connectivity index (χ1v) is 5.56. The Hall–Kier alpha value is -2.70. The minimum Gasteiger partial charge on any atom is -0.337 e. The number of nitrogens with one attached hydrogen (secondary N) is 1. The third kappa shape index (κ3) is 2.76. The van der Waals surface area contributed by atoms with Gasteiger partial charge in [0.2, 0.25) is 0 Å². The van der Waals surface area contributed by atoms with Gasteiger partial charge >= 0.3 is 0 Å². The summed E-state index contributed by atoms with van der Waals surface area (Å²) in [7, 11) is 1.59. The van der Waals surface area contributed by atoms with Crippen LogP contribution in [-0.4, -0.2) is 33.0 Å². The summed E-state index contributed by atoms with van der Waals surface area (Å²) in [6.07, 6.45) is 2.90. The Kier molecular flexibility index (Phi) is 3.56. The van der Waals surface area contributed by atoms with E-state index in [4.69, 9.17) is 0 Å². The number of H-pyrrole nitrogens is 1. The number of carbonyl (C=O) groups is 1. The Balaban J connectivity index is 2.17. The molecule has 1 N–H and O–H groups in total. The number of carbonyl (C=O) groups excluding carboxylic acids is 1. The highest BCUT2D eigenvalue weighted by molar-refractivity contribution is 5.93. The first-order chi connectivity index (χ1) is 9.09. The highest BCUT2D eigenvalue weighted by atomic mass is 16.6. The van der Waals surface area contributed by atoms with Crippen molar-refractivity contribution in [1.82, 2.24) is 15.1 Å². The van der Waals surface area contributed by atoms with E-state index in [-0.39, 0.29) is 18.1 Å². The average molecular weight is 260 g/mol. The summed E-state index contributed by atoms with van der Waals surface area (Å²) in [6, 6.07) is 6.36. The molecule has 19 heavy (non-hydrogen) atoms. The highest BCUT2D eigenvalue weighted by Gasteiger charge is 2.18. The first-order valence-electron chi connectivity index (χ1n) is 5.56. The molecule has 1 aromatic carbocycles. The van der Waals surface area contributed by atoms with Crippen LogP contribution >= 0.6 is 0 Å². The molecular weight excluding hydrogens is 248 g/mol. The molecule has 2 rings (SSSR count). The van der Waals surface area contributed by atoms with Gasteiger partial charge < -0.3 is 4.90 Å². The maximum atomic E-state index is 12.0. The van der Waals surface area contributed by atoms with Crippen LogP contribution in [0.2, 0.25) is 0 Å². The maximum absolute atomic E-state index is 12.0. The molecule has 7 heteroatoms. The van der Waals surface area contributed by atoms with E-state index in [1.807, 2.05) is 0 Å². The van der Waals surface area contributed by atoms with Crippen molar-refractivity contribution in [3.8, 4) is 0 Å². The summed E-state index contributed by atoms with van der Waals surface area (Å²) in [4.78, 5) is 23.8. The average Bonchev–Trinajstić information content (AvgIpc) is 2.92. The second-order valence-electron chi connectivity index (χ2n) is 4.03. The van der Waals surface area contributed by atoms with Crippen LogP contribution in [0.4, 0.5) is 5.69 Å². The zero-order chi connectivity index (χ0) is 13.8. The van der Waals surface area contributed by atoms with Crippen molar-refractivity contribution in [3.05, 3.63) is 57.9 Å². The minimum atomic E-state index is -0.453. The smallest absolute Gasteiger partial charge is 0.274 e. The molecule has 7 nitrogen and oxygen atoms in total. The van der Waals surface area contributed by atoms with Gasteiger partial charge in [0, 0.05) is 24.9 Å². The lowest BCUT2D eigenvalue weighted by atomic mass is 10.1. The number of nitrogens with zero attached hydrogens (tertiary/aromatic N) is 3. The number of amides is 1. The largest absolute Gasteiger partial charge is 0.337 e.